The Morgan fingerprint density at radius 3 is 2.67 bits per heavy atom. The third kappa shape index (κ3) is 1.44. The Bertz CT molecular complexity index is 502. The third-order valence-electron chi connectivity index (χ3n) is 2.25. The maximum atomic E-state index is 11.4. The Morgan fingerprint density at radius 2 is 2.00 bits per heavy atom. The van der Waals surface area contributed by atoms with Gasteiger partial charge in [-0.3, -0.25) is 0 Å². The van der Waals surface area contributed by atoms with Crippen LogP contribution < -0.4 is 4.74 Å². The fourth-order valence-corrected chi connectivity index (χ4v) is 1.57. The zero-order chi connectivity index (χ0) is 10.8. The molecular formula is C11H11NO3. The summed E-state index contributed by atoms with van der Waals surface area (Å²) in [4.78, 5) is 14.4. The number of hydrogen-bond acceptors (Lipinski definition) is 3. The molecule has 4 nitrogen and oxygen atoms in total. The van der Waals surface area contributed by atoms with Crippen molar-refractivity contribution in [3.8, 4) is 5.75 Å². The first kappa shape index (κ1) is 9.58. The van der Waals surface area contributed by atoms with Gasteiger partial charge in [0.05, 0.1) is 14.2 Å². The maximum Gasteiger partial charge on any atom is 0.358 e. The van der Waals surface area contributed by atoms with Crippen molar-refractivity contribution < 1.29 is 14.3 Å². The number of nitrogens with one attached hydrogen (secondary N) is 1. The Balaban J connectivity index is 2.69. The van der Waals surface area contributed by atoms with Gasteiger partial charge < -0.3 is 14.5 Å². The first-order chi connectivity index (χ1) is 7.27. The van der Waals surface area contributed by atoms with E-state index in [1.807, 2.05) is 24.3 Å². The minimum Gasteiger partial charge on any atom is -0.494 e. The summed E-state index contributed by atoms with van der Waals surface area (Å²) in [7, 11) is 2.87. The van der Waals surface area contributed by atoms with E-state index in [4.69, 9.17) is 4.74 Å². The van der Waals surface area contributed by atoms with Crippen molar-refractivity contribution in [1.82, 2.24) is 4.98 Å². The predicted octanol–water partition coefficient (Wildman–Crippen LogP) is 1.96. The quantitative estimate of drug-likeness (QED) is 0.762. The minimum atomic E-state index is -0.428. The van der Waals surface area contributed by atoms with Gasteiger partial charge in [0.2, 0.25) is 0 Å². The van der Waals surface area contributed by atoms with Crippen LogP contribution in [0.2, 0.25) is 0 Å². The molecule has 0 radical (unpaired) electrons. The molecule has 0 saturated heterocycles. The number of para-hydroxylation sites is 1. The second kappa shape index (κ2) is 3.65. The van der Waals surface area contributed by atoms with Crippen molar-refractivity contribution in [3.63, 3.8) is 0 Å². The Kier molecular flexibility index (Phi) is 2.33. The summed E-state index contributed by atoms with van der Waals surface area (Å²) in [5.41, 5.74) is 1.20. The molecule has 0 aliphatic heterocycles. The van der Waals surface area contributed by atoms with Crippen LogP contribution in [0.25, 0.3) is 10.9 Å². The van der Waals surface area contributed by atoms with Crippen molar-refractivity contribution in [2.45, 2.75) is 0 Å². The van der Waals surface area contributed by atoms with Gasteiger partial charge in [0, 0.05) is 10.9 Å². The molecule has 2 aromatic rings. The molecule has 0 bridgehead atoms. The lowest BCUT2D eigenvalue weighted by Gasteiger charge is -2.00. The molecule has 0 aliphatic rings. The third-order valence-corrected chi connectivity index (χ3v) is 2.25. The molecule has 1 aromatic carbocycles. The van der Waals surface area contributed by atoms with Crippen LogP contribution in [0.5, 0.6) is 5.75 Å². The second-order valence-corrected chi connectivity index (χ2v) is 3.07. The molecule has 0 amide bonds. The van der Waals surface area contributed by atoms with Gasteiger partial charge in [0.1, 0.15) is 0 Å². The van der Waals surface area contributed by atoms with Gasteiger partial charge in [-0.25, -0.2) is 4.79 Å². The van der Waals surface area contributed by atoms with Gasteiger partial charge in [-0.2, -0.15) is 0 Å². The van der Waals surface area contributed by atoms with Gasteiger partial charge in [0.25, 0.3) is 0 Å². The van der Waals surface area contributed by atoms with Gasteiger partial charge in [-0.1, -0.05) is 12.1 Å². The summed E-state index contributed by atoms with van der Waals surface area (Å²) in [6.45, 7) is 0. The van der Waals surface area contributed by atoms with E-state index in [-0.39, 0.29) is 0 Å². The average Bonchev–Trinajstić information content (AvgIpc) is 2.66. The normalized spacial score (nSPS) is 10.3. The smallest absolute Gasteiger partial charge is 0.358 e. The largest absolute Gasteiger partial charge is 0.494 e. The van der Waals surface area contributed by atoms with Crippen LogP contribution in [-0.2, 0) is 4.74 Å². The Morgan fingerprint density at radius 1 is 1.27 bits per heavy atom. The molecule has 1 N–H and O–H groups in total. The van der Waals surface area contributed by atoms with Crippen LogP contribution in [0.1, 0.15) is 10.5 Å². The Labute approximate surface area is 86.8 Å². The molecule has 1 aromatic heterocycles. The number of methoxy groups -OCH3 is 2. The van der Waals surface area contributed by atoms with Gasteiger partial charge in [0.15, 0.2) is 11.4 Å². The van der Waals surface area contributed by atoms with E-state index in [1.165, 1.54) is 14.2 Å². The number of fused-ring (bicyclic) bond motifs is 1. The molecule has 2 rings (SSSR count). The first-order valence-corrected chi connectivity index (χ1v) is 4.51. The van der Waals surface area contributed by atoms with Crippen molar-refractivity contribution in [3.05, 3.63) is 30.0 Å². The zero-order valence-corrected chi connectivity index (χ0v) is 8.53. The van der Waals surface area contributed by atoms with Crippen LogP contribution in [0.15, 0.2) is 24.3 Å². The maximum absolute atomic E-state index is 11.4. The number of aromatic amines is 1. The zero-order valence-electron chi connectivity index (χ0n) is 8.53. The molecule has 0 fully saturated rings. The standard InChI is InChI=1S/C11H11NO3/c1-14-10-7-5-3-4-6-8(7)12-9(10)11(13)15-2/h3-6,12H,1-2H3. The summed E-state index contributed by atoms with van der Waals surface area (Å²) < 4.78 is 9.85. The van der Waals surface area contributed by atoms with E-state index in [1.54, 1.807) is 0 Å². The summed E-state index contributed by atoms with van der Waals surface area (Å²) >= 11 is 0. The number of esters is 1. The molecule has 1 heterocycles. The highest BCUT2D eigenvalue weighted by Gasteiger charge is 2.18. The van der Waals surface area contributed by atoms with Crippen molar-refractivity contribution in [2.75, 3.05) is 14.2 Å². The van der Waals surface area contributed by atoms with Crippen LogP contribution in [0, 0.1) is 0 Å². The second-order valence-electron chi connectivity index (χ2n) is 3.07. The molecule has 4 heteroatoms. The fraction of sp³-hybridized carbons (Fsp3) is 0.182. The van der Waals surface area contributed by atoms with Gasteiger partial charge in [-0.15, -0.1) is 0 Å². The number of carbonyl (C=O) groups excluding carboxylic acids is 1. The lowest BCUT2D eigenvalue weighted by atomic mass is 10.2. The predicted molar refractivity (Wildman–Crippen MR) is 56.2 cm³/mol. The molecule has 0 unspecified atom stereocenters. The number of benzene rings is 1. The molecule has 15 heavy (non-hydrogen) atoms. The number of ether oxygens (including phenoxy) is 2. The van der Waals surface area contributed by atoms with Gasteiger partial charge in [-0.05, 0) is 12.1 Å². The number of hydrogen-bond donors (Lipinski definition) is 1. The lowest BCUT2D eigenvalue weighted by Crippen LogP contribution is -2.03. The average molecular weight is 205 g/mol. The highest BCUT2D eigenvalue weighted by atomic mass is 16.5. The Hall–Kier alpha value is -1.97. The summed E-state index contributed by atoms with van der Waals surface area (Å²) in [5, 5.41) is 0.875. The van der Waals surface area contributed by atoms with Crippen molar-refractivity contribution in [2.24, 2.45) is 0 Å². The van der Waals surface area contributed by atoms with Crippen molar-refractivity contribution in [1.29, 1.82) is 0 Å². The molecule has 0 spiro atoms. The molecule has 0 atom stereocenters. The van der Waals surface area contributed by atoms with E-state index in [0.29, 0.717) is 11.4 Å². The van der Waals surface area contributed by atoms with E-state index in [9.17, 15) is 4.79 Å². The monoisotopic (exact) mass is 205 g/mol. The van der Waals surface area contributed by atoms with E-state index in [2.05, 4.69) is 9.72 Å². The highest BCUT2D eigenvalue weighted by molar-refractivity contribution is 6.00. The van der Waals surface area contributed by atoms with Crippen molar-refractivity contribution >= 4 is 16.9 Å². The topological polar surface area (TPSA) is 51.3 Å². The SMILES string of the molecule is COC(=O)c1[nH]c2ccccc2c1OC. The van der Waals surface area contributed by atoms with E-state index in [0.717, 1.165) is 10.9 Å². The molecule has 0 aliphatic carbocycles. The molecule has 78 valence electrons. The summed E-state index contributed by atoms with van der Waals surface area (Å²) in [6, 6.07) is 7.54. The van der Waals surface area contributed by atoms with Crippen LogP contribution in [0.3, 0.4) is 0 Å². The molecular weight excluding hydrogens is 194 g/mol. The van der Waals surface area contributed by atoms with Crippen LogP contribution >= 0.6 is 0 Å². The highest BCUT2D eigenvalue weighted by Crippen LogP contribution is 2.29. The van der Waals surface area contributed by atoms with Gasteiger partial charge >= 0.3 is 5.97 Å². The first-order valence-electron chi connectivity index (χ1n) is 4.51. The number of aromatic nitrogens is 1. The van der Waals surface area contributed by atoms with E-state index < -0.39 is 5.97 Å². The lowest BCUT2D eigenvalue weighted by molar-refractivity contribution is 0.0591. The summed E-state index contributed by atoms with van der Waals surface area (Å²) in [5.74, 6) is 0.0977. The fourth-order valence-electron chi connectivity index (χ4n) is 1.57. The molecule has 0 saturated carbocycles. The van der Waals surface area contributed by atoms with Crippen LogP contribution in [-0.4, -0.2) is 25.2 Å². The number of rotatable bonds is 2. The van der Waals surface area contributed by atoms with E-state index >= 15 is 0 Å². The summed E-state index contributed by atoms with van der Waals surface area (Å²) in [6.07, 6.45) is 0. The number of carbonyl (C=O) groups is 1. The number of H-pyrrole nitrogens is 1. The minimum absolute atomic E-state index is 0.348. The van der Waals surface area contributed by atoms with Crippen LogP contribution in [0.4, 0.5) is 0 Å².